The third-order valence-electron chi connectivity index (χ3n) is 3.11. The van der Waals surface area contributed by atoms with Gasteiger partial charge >= 0.3 is 0 Å². The van der Waals surface area contributed by atoms with E-state index in [0.29, 0.717) is 0 Å². The number of aryl methyl sites for hydroxylation is 2. The molecule has 0 saturated heterocycles. The highest BCUT2D eigenvalue weighted by molar-refractivity contribution is 5.67. The topological polar surface area (TPSA) is 26.0 Å². The van der Waals surface area contributed by atoms with E-state index in [2.05, 4.69) is 30.3 Å². The number of hydrogen-bond donors (Lipinski definition) is 1. The van der Waals surface area contributed by atoms with Crippen LogP contribution in [-0.4, -0.2) is 0 Å². The Bertz CT molecular complexity index is 497. The van der Waals surface area contributed by atoms with Gasteiger partial charge in [-0.1, -0.05) is 30.3 Å². The lowest BCUT2D eigenvalue weighted by atomic mass is 9.86. The smallest absolute Gasteiger partial charge is 0.0314 e. The van der Waals surface area contributed by atoms with Crippen LogP contribution in [0.2, 0.25) is 0 Å². The molecule has 2 N–H and O–H groups in total. The second kappa shape index (κ2) is 3.13. The Labute approximate surface area is 89.6 Å². The number of nitrogens with two attached hydrogens (primary N) is 1. The SMILES string of the molecule is Nc1ccc(-c2ccc3c(c2)CC3)cc1. The molecule has 0 bridgehead atoms. The molecule has 0 heterocycles. The minimum absolute atomic E-state index is 0.822. The van der Waals surface area contributed by atoms with Gasteiger partial charge in [0.2, 0.25) is 0 Å². The van der Waals surface area contributed by atoms with Crippen LogP contribution in [-0.2, 0) is 12.8 Å². The van der Waals surface area contributed by atoms with Crippen LogP contribution >= 0.6 is 0 Å². The average Bonchev–Trinajstić information content (AvgIpc) is 2.22. The first-order valence-electron chi connectivity index (χ1n) is 5.31. The van der Waals surface area contributed by atoms with E-state index in [0.717, 1.165) is 5.69 Å². The Morgan fingerprint density at radius 2 is 1.40 bits per heavy atom. The van der Waals surface area contributed by atoms with Gasteiger partial charge in [-0.3, -0.25) is 0 Å². The highest BCUT2D eigenvalue weighted by atomic mass is 14.5. The molecule has 0 atom stereocenters. The zero-order chi connectivity index (χ0) is 10.3. The van der Waals surface area contributed by atoms with E-state index >= 15 is 0 Å². The first-order valence-corrected chi connectivity index (χ1v) is 5.31. The van der Waals surface area contributed by atoms with Crippen molar-refractivity contribution in [3.8, 4) is 11.1 Å². The van der Waals surface area contributed by atoms with Crippen molar-refractivity contribution >= 4 is 5.69 Å². The number of rotatable bonds is 1. The van der Waals surface area contributed by atoms with E-state index in [-0.39, 0.29) is 0 Å². The number of hydrogen-bond acceptors (Lipinski definition) is 1. The molecule has 0 aromatic heterocycles. The maximum absolute atomic E-state index is 5.67. The molecule has 2 aromatic rings. The Kier molecular flexibility index (Phi) is 1.78. The molecule has 1 aliphatic carbocycles. The Morgan fingerprint density at radius 3 is 2.00 bits per heavy atom. The maximum atomic E-state index is 5.67. The van der Waals surface area contributed by atoms with Gasteiger partial charge in [0.15, 0.2) is 0 Å². The third kappa shape index (κ3) is 1.40. The van der Waals surface area contributed by atoms with Gasteiger partial charge in [0, 0.05) is 5.69 Å². The van der Waals surface area contributed by atoms with Gasteiger partial charge in [-0.2, -0.15) is 0 Å². The molecule has 15 heavy (non-hydrogen) atoms. The molecule has 1 nitrogen and oxygen atoms in total. The van der Waals surface area contributed by atoms with Crippen molar-refractivity contribution in [3.63, 3.8) is 0 Å². The van der Waals surface area contributed by atoms with Crippen molar-refractivity contribution in [2.45, 2.75) is 12.8 Å². The van der Waals surface area contributed by atoms with Gasteiger partial charge in [0.25, 0.3) is 0 Å². The van der Waals surface area contributed by atoms with E-state index < -0.39 is 0 Å². The van der Waals surface area contributed by atoms with Crippen LogP contribution in [0.3, 0.4) is 0 Å². The molecule has 0 saturated carbocycles. The molecule has 0 unspecified atom stereocenters. The van der Waals surface area contributed by atoms with Crippen molar-refractivity contribution in [1.29, 1.82) is 0 Å². The van der Waals surface area contributed by atoms with Gasteiger partial charge in [-0.15, -0.1) is 0 Å². The summed E-state index contributed by atoms with van der Waals surface area (Å²) in [5, 5.41) is 0. The third-order valence-corrected chi connectivity index (χ3v) is 3.11. The fourth-order valence-corrected chi connectivity index (χ4v) is 2.05. The van der Waals surface area contributed by atoms with E-state index in [4.69, 9.17) is 5.73 Å². The maximum Gasteiger partial charge on any atom is 0.0314 e. The van der Waals surface area contributed by atoms with Gasteiger partial charge in [0.05, 0.1) is 0 Å². The molecule has 1 heteroatoms. The summed E-state index contributed by atoms with van der Waals surface area (Å²) in [5.74, 6) is 0. The van der Waals surface area contributed by atoms with E-state index in [1.165, 1.54) is 35.1 Å². The minimum atomic E-state index is 0.822. The van der Waals surface area contributed by atoms with Crippen molar-refractivity contribution in [3.05, 3.63) is 53.6 Å². The van der Waals surface area contributed by atoms with Crippen LogP contribution in [0.5, 0.6) is 0 Å². The standard InChI is InChI=1S/C14H13N/c15-14-7-5-11(6-8-14)13-4-2-10-1-3-12(10)9-13/h2,4-9H,1,3,15H2. The number of benzene rings is 2. The fourth-order valence-electron chi connectivity index (χ4n) is 2.05. The van der Waals surface area contributed by atoms with Crippen LogP contribution in [0.15, 0.2) is 42.5 Å². The molecular weight excluding hydrogens is 182 g/mol. The average molecular weight is 195 g/mol. The van der Waals surface area contributed by atoms with E-state index in [1.807, 2.05) is 12.1 Å². The largest absolute Gasteiger partial charge is 0.399 e. The lowest BCUT2D eigenvalue weighted by Crippen LogP contribution is -2.07. The Hall–Kier alpha value is -1.76. The fraction of sp³-hybridized carbons (Fsp3) is 0.143. The number of anilines is 1. The molecule has 0 fully saturated rings. The lowest BCUT2D eigenvalue weighted by Gasteiger charge is -2.19. The van der Waals surface area contributed by atoms with Crippen molar-refractivity contribution in [2.75, 3.05) is 5.73 Å². The zero-order valence-electron chi connectivity index (χ0n) is 8.53. The van der Waals surface area contributed by atoms with E-state index in [1.54, 1.807) is 0 Å². The second-order valence-corrected chi connectivity index (χ2v) is 4.11. The van der Waals surface area contributed by atoms with Crippen LogP contribution < -0.4 is 5.73 Å². The molecule has 0 amide bonds. The van der Waals surface area contributed by atoms with Gasteiger partial charge in [-0.25, -0.2) is 0 Å². The molecule has 1 aliphatic rings. The summed E-state index contributed by atoms with van der Waals surface area (Å²) < 4.78 is 0. The monoisotopic (exact) mass is 195 g/mol. The van der Waals surface area contributed by atoms with Gasteiger partial charge in [0.1, 0.15) is 0 Å². The first kappa shape index (κ1) is 8.54. The molecule has 2 aromatic carbocycles. The zero-order valence-corrected chi connectivity index (χ0v) is 8.53. The van der Waals surface area contributed by atoms with E-state index in [9.17, 15) is 0 Å². The quantitative estimate of drug-likeness (QED) is 0.695. The lowest BCUT2D eigenvalue weighted by molar-refractivity contribution is 0.840. The van der Waals surface area contributed by atoms with Crippen LogP contribution in [0, 0.1) is 0 Å². The van der Waals surface area contributed by atoms with Gasteiger partial charge < -0.3 is 5.73 Å². The second-order valence-electron chi connectivity index (χ2n) is 4.11. The molecule has 0 aliphatic heterocycles. The van der Waals surface area contributed by atoms with Crippen LogP contribution in [0.25, 0.3) is 11.1 Å². The highest BCUT2D eigenvalue weighted by Gasteiger charge is 2.12. The predicted molar refractivity (Wildman–Crippen MR) is 63.7 cm³/mol. The summed E-state index contributed by atoms with van der Waals surface area (Å²) in [6, 6.07) is 14.8. The number of fused-ring (bicyclic) bond motifs is 1. The molecule has 3 rings (SSSR count). The Morgan fingerprint density at radius 1 is 0.733 bits per heavy atom. The van der Waals surface area contributed by atoms with Crippen molar-refractivity contribution in [1.82, 2.24) is 0 Å². The van der Waals surface area contributed by atoms with Crippen LogP contribution in [0.1, 0.15) is 11.1 Å². The Balaban J connectivity index is 2.05. The summed E-state index contributed by atoms with van der Waals surface area (Å²) in [6.07, 6.45) is 2.48. The molecular formula is C14H13N. The van der Waals surface area contributed by atoms with Crippen molar-refractivity contribution in [2.24, 2.45) is 0 Å². The highest BCUT2D eigenvalue weighted by Crippen LogP contribution is 2.29. The normalized spacial score (nSPS) is 13.1. The predicted octanol–water partition coefficient (Wildman–Crippen LogP) is 3.03. The number of nitrogen functional groups attached to an aromatic ring is 1. The van der Waals surface area contributed by atoms with Crippen LogP contribution in [0.4, 0.5) is 5.69 Å². The molecule has 0 radical (unpaired) electrons. The van der Waals surface area contributed by atoms with Gasteiger partial charge in [-0.05, 0) is 47.2 Å². The summed E-state index contributed by atoms with van der Waals surface area (Å²) in [5.41, 5.74) is 12.1. The first-order chi connectivity index (χ1) is 7.33. The van der Waals surface area contributed by atoms with Crippen molar-refractivity contribution < 1.29 is 0 Å². The molecule has 0 spiro atoms. The summed E-state index contributed by atoms with van der Waals surface area (Å²) in [4.78, 5) is 0. The summed E-state index contributed by atoms with van der Waals surface area (Å²) in [6.45, 7) is 0. The summed E-state index contributed by atoms with van der Waals surface area (Å²) in [7, 11) is 0. The molecule has 74 valence electrons. The minimum Gasteiger partial charge on any atom is -0.399 e. The summed E-state index contributed by atoms with van der Waals surface area (Å²) >= 11 is 0.